The van der Waals surface area contributed by atoms with Crippen LogP contribution in [0.2, 0.25) is 5.15 Å². The average molecular weight is 272 g/mol. The topological polar surface area (TPSA) is 22.1 Å². The van der Waals surface area contributed by atoms with Crippen LogP contribution in [-0.2, 0) is 0 Å². The minimum absolute atomic E-state index is 0.0767. The van der Waals surface area contributed by atoms with Crippen molar-refractivity contribution in [3.8, 4) is 5.75 Å². The Balaban J connectivity index is 3.20. The third-order valence-corrected chi connectivity index (χ3v) is 2.18. The molecule has 2 nitrogen and oxygen atoms in total. The van der Waals surface area contributed by atoms with Crippen molar-refractivity contribution >= 4 is 27.5 Å². The lowest BCUT2D eigenvalue weighted by Gasteiger charge is -2.06. The van der Waals surface area contributed by atoms with Gasteiger partial charge in [0.1, 0.15) is 5.69 Å². The Hall–Kier alpha value is -0.420. The molecule has 1 heterocycles. The third kappa shape index (κ3) is 2.28. The fourth-order valence-electron chi connectivity index (χ4n) is 0.784. The van der Waals surface area contributed by atoms with Crippen LogP contribution < -0.4 is 4.74 Å². The molecule has 0 aliphatic heterocycles. The maximum Gasteiger partial charge on any atom is 0.280 e. The van der Waals surface area contributed by atoms with Gasteiger partial charge in [-0.2, -0.15) is 0 Å². The summed E-state index contributed by atoms with van der Waals surface area (Å²) >= 11 is 8.62. The van der Waals surface area contributed by atoms with E-state index in [1.807, 2.05) is 0 Å². The molecule has 1 aromatic rings. The fraction of sp³-hybridized carbons (Fsp3) is 0.286. The molecule has 1 rings (SSSR count). The highest BCUT2D eigenvalue weighted by Gasteiger charge is 2.15. The minimum Gasteiger partial charge on any atom is -0.492 e. The predicted molar refractivity (Wildman–Crippen MR) is 48.5 cm³/mol. The van der Waals surface area contributed by atoms with Crippen LogP contribution in [0.1, 0.15) is 12.1 Å². The smallest absolute Gasteiger partial charge is 0.280 e. The standard InChI is InChI=1S/C7H5BrClF2NO/c1-13-5-3(8)2-4(7(10)11)12-6(5)9/h2,7H,1H3. The number of hydrogen-bond donors (Lipinski definition) is 0. The molecule has 0 fully saturated rings. The highest BCUT2D eigenvalue weighted by atomic mass is 79.9. The number of halogens is 4. The van der Waals surface area contributed by atoms with Crippen LogP contribution in [0.15, 0.2) is 10.5 Å². The second kappa shape index (κ2) is 4.19. The summed E-state index contributed by atoms with van der Waals surface area (Å²) in [5.74, 6) is 0.256. The summed E-state index contributed by atoms with van der Waals surface area (Å²) in [6.07, 6.45) is -2.64. The highest BCUT2D eigenvalue weighted by Crippen LogP contribution is 2.34. The van der Waals surface area contributed by atoms with Gasteiger partial charge in [-0.15, -0.1) is 0 Å². The van der Waals surface area contributed by atoms with Crippen molar-refractivity contribution in [2.45, 2.75) is 6.43 Å². The number of methoxy groups -OCH3 is 1. The maximum absolute atomic E-state index is 12.2. The van der Waals surface area contributed by atoms with Gasteiger partial charge in [-0.25, -0.2) is 13.8 Å². The summed E-state index contributed by atoms with van der Waals surface area (Å²) in [4.78, 5) is 3.46. The number of nitrogens with zero attached hydrogens (tertiary/aromatic N) is 1. The molecule has 1 aromatic heterocycles. The van der Waals surface area contributed by atoms with Crippen molar-refractivity contribution in [1.29, 1.82) is 0 Å². The van der Waals surface area contributed by atoms with Gasteiger partial charge < -0.3 is 4.74 Å². The van der Waals surface area contributed by atoms with Gasteiger partial charge in [-0.3, -0.25) is 0 Å². The van der Waals surface area contributed by atoms with Crippen molar-refractivity contribution in [3.63, 3.8) is 0 Å². The average Bonchev–Trinajstić information content (AvgIpc) is 2.03. The van der Waals surface area contributed by atoms with Crippen LogP contribution in [0.4, 0.5) is 8.78 Å². The van der Waals surface area contributed by atoms with Gasteiger partial charge in [0.25, 0.3) is 6.43 Å². The normalized spacial score (nSPS) is 10.6. The van der Waals surface area contributed by atoms with Gasteiger partial charge in [0.2, 0.25) is 0 Å². The molecule has 6 heteroatoms. The van der Waals surface area contributed by atoms with Crippen LogP contribution >= 0.6 is 27.5 Å². The number of pyridine rings is 1. The van der Waals surface area contributed by atoms with Gasteiger partial charge >= 0.3 is 0 Å². The van der Waals surface area contributed by atoms with E-state index in [4.69, 9.17) is 16.3 Å². The van der Waals surface area contributed by atoms with Gasteiger partial charge in [0.05, 0.1) is 11.6 Å². The number of hydrogen-bond acceptors (Lipinski definition) is 2. The van der Waals surface area contributed by atoms with E-state index in [0.29, 0.717) is 4.47 Å². The molecule has 0 radical (unpaired) electrons. The Bertz CT molecular complexity index is 298. The summed E-state index contributed by atoms with van der Waals surface area (Å²) in [6, 6.07) is 1.18. The van der Waals surface area contributed by atoms with E-state index in [-0.39, 0.29) is 16.6 Å². The molecule has 0 spiro atoms. The molecule has 0 N–H and O–H groups in total. The Morgan fingerprint density at radius 2 is 2.23 bits per heavy atom. The van der Waals surface area contributed by atoms with E-state index in [1.165, 1.54) is 13.2 Å². The molecule has 0 bridgehead atoms. The van der Waals surface area contributed by atoms with E-state index in [2.05, 4.69) is 20.9 Å². The molecule has 0 aliphatic carbocycles. The number of alkyl halides is 2. The second-order valence-corrected chi connectivity index (χ2v) is 3.37. The Morgan fingerprint density at radius 1 is 1.62 bits per heavy atom. The summed E-state index contributed by atoms with van der Waals surface area (Å²) < 4.78 is 29.6. The molecular weight excluding hydrogens is 267 g/mol. The molecule has 0 saturated heterocycles. The van der Waals surface area contributed by atoms with Gasteiger partial charge in [0, 0.05) is 0 Å². The van der Waals surface area contributed by atoms with E-state index in [9.17, 15) is 8.78 Å². The molecule has 13 heavy (non-hydrogen) atoms. The molecule has 72 valence electrons. The van der Waals surface area contributed by atoms with Crippen LogP contribution in [0, 0.1) is 0 Å². The molecule has 0 saturated carbocycles. The predicted octanol–water partition coefficient (Wildman–Crippen LogP) is 3.44. The first-order valence-corrected chi connectivity index (χ1v) is 4.41. The molecule has 0 atom stereocenters. The van der Waals surface area contributed by atoms with E-state index < -0.39 is 6.43 Å². The zero-order valence-corrected chi connectivity index (χ0v) is 8.86. The van der Waals surface area contributed by atoms with Gasteiger partial charge in [-0.05, 0) is 22.0 Å². The van der Waals surface area contributed by atoms with Crippen molar-refractivity contribution in [2.75, 3.05) is 7.11 Å². The lowest BCUT2D eigenvalue weighted by atomic mass is 10.3. The molecule has 0 aromatic carbocycles. The summed E-state index contributed by atoms with van der Waals surface area (Å²) in [7, 11) is 1.38. The summed E-state index contributed by atoms with van der Waals surface area (Å²) in [6.45, 7) is 0. The molecule has 0 aliphatic rings. The van der Waals surface area contributed by atoms with Crippen molar-refractivity contribution in [3.05, 3.63) is 21.4 Å². The molecule has 0 amide bonds. The van der Waals surface area contributed by atoms with E-state index in [1.54, 1.807) is 0 Å². The number of aromatic nitrogens is 1. The van der Waals surface area contributed by atoms with Crippen LogP contribution in [0.5, 0.6) is 5.75 Å². The Labute approximate surface area is 87.0 Å². The lowest BCUT2D eigenvalue weighted by Crippen LogP contribution is -1.94. The van der Waals surface area contributed by atoms with Crippen LogP contribution in [0.25, 0.3) is 0 Å². The van der Waals surface area contributed by atoms with Crippen molar-refractivity contribution in [1.82, 2.24) is 4.98 Å². The number of ether oxygens (including phenoxy) is 1. The molecular formula is C7H5BrClF2NO. The van der Waals surface area contributed by atoms with E-state index in [0.717, 1.165) is 0 Å². The summed E-state index contributed by atoms with van der Waals surface area (Å²) in [5.41, 5.74) is -0.377. The second-order valence-electron chi connectivity index (χ2n) is 2.15. The highest BCUT2D eigenvalue weighted by molar-refractivity contribution is 9.10. The van der Waals surface area contributed by atoms with Crippen LogP contribution in [-0.4, -0.2) is 12.1 Å². The maximum atomic E-state index is 12.2. The first kappa shape index (κ1) is 10.7. The van der Waals surface area contributed by atoms with Crippen LogP contribution in [0.3, 0.4) is 0 Å². The third-order valence-electron chi connectivity index (χ3n) is 1.33. The Kier molecular flexibility index (Phi) is 3.44. The van der Waals surface area contributed by atoms with Gasteiger partial charge in [-0.1, -0.05) is 11.6 Å². The monoisotopic (exact) mass is 271 g/mol. The number of rotatable bonds is 2. The quantitative estimate of drug-likeness (QED) is 0.769. The van der Waals surface area contributed by atoms with Gasteiger partial charge in [0.15, 0.2) is 10.9 Å². The fourth-order valence-corrected chi connectivity index (χ4v) is 1.76. The van der Waals surface area contributed by atoms with E-state index >= 15 is 0 Å². The lowest BCUT2D eigenvalue weighted by molar-refractivity contribution is 0.146. The zero-order valence-electron chi connectivity index (χ0n) is 6.52. The van der Waals surface area contributed by atoms with Crippen molar-refractivity contribution < 1.29 is 13.5 Å². The zero-order chi connectivity index (χ0) is 10.0. The summed E-state index contributed by atoms with van der Waals surface area (Å²) in [5, 5.41) is -0.0767. The van der Waals surface area contributed by atoms with Crippen molar-refractivity contribution in [2.24, 2.45) is 0 Å². The SMILES string of the molecule is COc1c(Br)cc(C(F)F)nc1Cl. The Morgan fingerprint density at radius 3 is 2.62 bits per heavy atom. The first-order valence-electron chi connectivity index (χ1n) is 3.24. The minimum atomic E-state index is -2.64. The first-order chi connectivity index (χ1) is 6.06. The molecule has 0 unspecified atom stereocenters. The largest absolute Gasteiger partial charge is 0.492 e.